The molecular formula is C16H31N3O. The fraction of sp³-hybridized carbons (Fsp3) is 0.938. The highest BCUT2D eigenvalue weighted by Gasteiger charge is 2.23. The third-order valence-corrected chi connectivity index (χ3v) is 4.64. The monoisotopic (exact) mass is 281 g/mol. The Kier molecular flexibility index (Phi) is 6.30. The topological polar surface area (TPSA) is 35.6 Å². The fourth-order valence-corrected chi connectivity index (χ4v) is 3.36. The smallest absolute Gasteiger partial charge is 0.224 e. The number of carbonyl (C=O) groups is 1. The standard InChI is InChI=1S/C16H31N3O/c1-14(2)19(13-15-6-5-8-17-12-15)16(20)7-11-18-9-3-4-10-18/h14-15,17H,3-13H2,1-2H3. The maximum Gasteiger partial charge on any atom is 0.224 e. The van der Waals surface area contributed by atoms with Crippen molar-refractivity contribution in [3.05, 3.63) is 0 Å². The summed E-state index contributed by atoms with van der Waals surface area (Å²) < 4.78 is 0. The first-order valence-corrected chi connectivity index (χ1v) is 8.39. The van der Waals surface area contributed by atoms with Gasteiger partial charge in [-0.15, -0.1) is 0 Å². The van der Waals surface area contributed by atoms with Gasteiger partial charge in [0.15, 0.2) is 0 Å². The summed E-state index contributed by atoms with van der Waals surface area (Å²) >= 11 is 0. The zero-order valence-corrected chi connectivity index (χ0v) is 13.2. The predicted molar refractivity (Wildman–Crippen MR) is 82.7 cm³/mol. The Morgan fingerprint density at radius 3 is 2.65 bits per heavy atom. The number of hydrogen-bond donors (Lipinski definition) is 1. The molecule has 2 aliphatic rings. The van der Waals surface area contributed by atoms with E-state index in [2.05, 4.69) is 29.0 Å². The van der Waals surface area contributed by atoms with Crippen LogP contribution < -0.4 is 5.32 Å². The fourth-order valence-electron chi connectivity index (χ4n) is 3.36. The minimum absolute atomic E-state index is 0.322. The van der Waals surface area contributed by atoms with Crippen LogP contribution in [0.5, 0.6) is 0 Å². The molecule has 0 saturated carbocycles. The van der Waals surface area contributed by atoms with Gasteiger partial charge >= 0.3 is 0 Å². The van der Waals surface area contributed by atoms with Crippen molar-refractivity contribution in [3.8, 4) is 0 Å². The van der Waals surface area contributed by atoms with Crippen molar-refractivity contribution in [2.75, 3.05) is 39.3 Å². The van der Waals surface area contributed by atoms with Crippen LogP contribution in [-0.2, 0) is 4.79 Å². The summed E-state index contributed by atoms with van der Waals surface area (Å²) in [5.74, 6) is 0.986. The lowest BCUT2D eigenvalue weighted by Crippen LogP contribution is -2.45. The normalized spacial score (nSPS) is 24.2. The van der Waals surface area contributed by atoms with Gasteiger partial charge in [0.1, 0.15) is 0 Å². The second-order valence-corrected chi connectivity index (χ2v) is 6.65. The summed E-state index contributed by atoms with van der Waals surface area (Å²) in [6, 6.07) is 0.322. The van der Waals surface area contributed by atoms with Gasteiger partial charge in [-0.2, -0.15) is 0 Å². The molecular weight excluding hydrogens is 250 g/mol. The summed E-state index contributed by atoms with van der Waals surface area (Å²) in [4.78, 5) is 17.0. The lowest BCUT2D eigenvalue weighted by Gasteiger charge is -2.33. The maximum atomic E-state index is 12.5. The molecule has 0 aliphatic carbocycles. The molecule has 4 nitrogen and oxygen atoms in total. The molecule has 0 spiro atoms. The van der Waals surface area contributed by atoms with Gasteiger partial charge in [0.05, 0.1) is 0 Å². The SMILES string of the molecule is CC(C)N(CC1CCCNC1)C(=O)CCN1CCCC1. The van der Waals surface area contributed by atoms with E-state index in [0.717, 1.165) is 26.2 Å². The van der Waals surface area contributed by atoms with Crippen LogP contribution >= 0.6 is 0 Å². The van der Waals surface area contributed by atoms with Crippen LogP contribution in [0.1, 0.15) is 46.0 Å². The van der Waals surface area contributed by atoms with Crippen LogP contribution in [0, 0.1) is 5.92 Å². The predicted octanol–water partition coefficient (Wildman–Crippen LogP) is 1.71. The number of carbonyl (C=O) groups excluding carboxylic acids is 1. The second-order valence-electron chi connectivity index (χ2n) is 6.65. The first kappa shape index (κ1) is 15.8. The van der Waals surface area contributed by atoms with Crippen LogP contribution in [0.2, 0.25) is 0 Å². The lowest BCUT2D eigenvalue weighted by atomic mass is 9.98. The van der Waals surface area contributed by atoms with Crippen LogP contribution in [0.15, 0.2) is 0 Å². The summed E-state index contributed by atoms with van der Waals surface area (Å²) in [5, 5.41) is 3.45. The Labute approximate surface area is 123 Å². The van der Waals surface area contributed by atoms with E-state index in [0.29, 0.717) is 24.3 Å². The molecule has 2 fully saturated rings. The molecule has 1 N–H and O–H groups in total. The average molecular weight is 281 g/mol. The average Bonchev–Trinajstić information content (AvgIpc) is 2.96. The molecule has 20 heavy (non-hydrogen) atoms. The van der Waals surface area contributed by atoms with E-state index < -0.39 is 0 Å². The molecule has 2 rings (SSSR count). The zero-order chi connectivity index (χ0) is 14.4. The van der Waals surface area contributed by atoms with Crippen molar-refractivity contribution in [2.24, 2.45) is 5.92 Å². The molecule has 116 valence electrons. The van der Waals surface area contributed by atoms with Gasteiger partial charge in [-0.1, -0.05) is 0 Å². The van der Waals surface area contributed by atoms with Gasteiger partial charge in [0.2, 0.25) is 5.91 Å². The Morgan fingerprint density at radius 1 is 1.30 bits per heavy atom. The molecule has 0 aromatic rings. The van der Waals surface area contributed by atoms with Gasteiger partial charge in [-0.3, -0.25) is 4.79 Å². The van der Waals surface area contributed by atoms with Gasteiger partial charge in [-0.05, 0) is 71.6 Å². The Balaban J connectivity index is 1.78. The molecule has 2 aliphatic heterocycles. The van der Waals surface area contributed by atoms with Crippen LogP contribution in [-0.4, -0.2) is 61.0 Å². The minimum atomic E-state index is 0.322. The molecule has 0 radical (unpaired) electrons. The first-order valence-electron chi connectivity index (χ1n) is 8.39. The van der Waals surface area contributed by atoms with E-state index in [1.54, 1.807) is 0 Å². The molecule has 1 amide bonds. The summed E-state index contributed by atoms with van der Waals surface area (Å²) in [5.41, 5.74) is 0. The largest absolute Gasteiger partial charge is 0.340 e. The Hall–Kier alpha value is -0.610. The van der Waals surface area contributed by atoms with E-state index in [9.17, 15) is 4.79 Å². The van der Waals surface area contributed by atoms with Gasteiger partial charge in [0, 0.05) is 25.6 Å². The molecule has 1 unspecified atom stereocenters. The first-order chi connectivity index (χ1) is 9.66. The van der Waals surface area contributed by atoms with Crippen LogP contribution in [0.4, 0.5) is 0 Å². The highest BCUT2D eigenvalue weighted by atomic mass is 16.2. The van der Waals surface area contributed by atoms with E-state index in [4.69, 9.17) is 0 Å². The number of nitrogens with one attached hydrogen (secondary N) is 1. The summed E-state index contributed by atoms with van der Waals surface area (Å²) in [6.45, 7) is 10.7. The minimum Gasteiger partial charge on any atom is -0.340 e. The van der Waals surface area contributed by atoms with Crippen molar-refractivity contribution in [3.63, 3.8) is 0 Å². The third kappa shape index (κ3) is 4.74. The molecule has 2 heterocycles. The van der Waals surface area contributed by atoms with Crippen molar-refractivity contribution < 1.29 is 4.79 Å². The molecule has 0 aromatic carbocycles. The Bertz CT molecular complexity index is 294. The maximum absolute atomic E-state index is 12.5. The highest BCUT2D eigenvalue weighted by molar-refractivity contribution is 5.76. The number of rotatable bonds is 6. The molecule has 1 atom stereocenters. The number of piperidine rings is 1. The van der Waals surface area contributed by atoms with Crippen molar-refractivity contribution in [1.29, 1.82) is 0 Å². The van der Waals surface area contributed by atoms with Crippen LogP contribution in [0.25, 0.3) is 0 Å². The number of hydrogen-bond acceptors (Lipinski definition) is 3. The highest BCUT2D eigenvalue weighted by Crippen LogP contribution is 2.15. The van der Waals surface area contributed by atoms with Gasteiger partial charge in [0.25, 0.3) is 0 Å². The molecule has 2 saturated heterocycles. The van der Waals surface area contributed by atoms with Gasteiger partial charge in [-0.25, -0.2) is 0 Å². The quantitative estimate of drug-likeness (QED) is 0.805. The van der Waals surface area contributed by atoms with Crippen molar-refractivity contribution in [2.45, 2.75) is 52.0 Å². The number of amides is 1. The zero-order valence-electron chi connectivity index (χ0n) is 13.2. The van der Waals surface area contributed by atoms with Crippen molar-refractivity contribution in [1.82, 2.24) is 15.1 Å². The molecule has 0 bridgehead atoms. The molecule has 4 heteroatoms. The third-order valence-electron chi connectivity index (χ3n) is 4.64. The van der Waals surface area contributed by atoms with E-state index in [-0.39, 0.29) is 0 Å². The summed E-state index contributed by atoms with van der Waals surface area (Å²) in [7, 11) is 0. The summed E-state index contributed by atoms with van der Waals surface area (Å²) in [6.07, 6.45) is 5.80. The van der Waals surface area contributed by atoms with E-state index in [1.807, 2.05) is 0 Å². The lowest BCUT2D eigenvalue weighted by molar-refractivity contribution is -0.134. The Morgan fingerprint density at radius 2 is 2.05 bits per heavy atom. The number of likely N-dealkylation sites (tertiary alicyclic amines) is 1. The molecule has 0 aromatic heterocycles. The van der Waals surface area contributed by atoms with Crippen molar-refractivity contribution >= 4 is 5.91 Å². The van der Waals surface area contributed by atoms with Crippen LogP contribution in [0.3, 0.4) is 0 Å². The van der Waals surface area contributed by atoms with Gasteiger partial charge < -0.3 is 15.1 Å². The van der Waals surface area contributed by atoms with E-state index >= 15 is 0 Å². The van der Waals surface area contributed by atoms with E-state index in [1.165, 1.54) is 38.8 Å². The second kappa shape index (κ2) is 7.99. The number of nitrogens with zero attached hydrogens (tertiary/aromatic N) is 2.